The zero-order valence-corrected chi connectivity index (χ0v) is 15.7. The third-order valence-electron chi connectivity index (χ3n) is 3.68. The molecule has 0 bridgehead atoms. The molecule has 0 aliphatic carbocycles. The number of amides is 1. The Kier molecular flexibility index (Phi) is 5.26. The lowest BCUT2D eigenvalue weighted by Crippen LogP contribution is -2.19. The lowest BCUT2D eigenvalue weighted by Gasteiger charge is -2.05. The summed E-state index contributed by atoms with van der Waals surface area (Å²) in [6.07, 6.45) is 1.42. The van der Waals surface area contributed by atoms with E-state index in [1.165, 1.54) is 31.6 Å². The minimum atomic E-state index is -3.88. The van der Waals surface area contributed by atoms with E-state index in [-0.39, 0.29) is 23.6 Å². The maximum atomic E-state index is 12.3. The number of hydrogen-bond acceptors (Lipinski definition) is 7. The van der Waals surface area contributed by atoms with Crippen molar-refractivity contribution in [2.75, 3.05) is 7.11 Å². The number of benzene rings is 1. The summed E-state index contributed by atoms with van der Waals surface area (Å²) >= 11 is 1.10. The molecule has 0 saturated heterocycles. The van der Waals surface area contributed by atoms with Crippen molar-refractivity contribution in [1.29, 1.82) is 0 Å². The molecule has 3 rings (SSSR count). The van der Waals surface area contributed by atoms with E-state index in [1.807, 2.05) is 0 Å². The van der Waals surface area contributed by atoms with Gasteiger partial charge in [-0.05, 0) is 30.3 Å². The largest absolute Gasteiger partial charge is 0.469 e. The number of aryl methyl sites for hydroxylation is 1. The summed E-state index contributed by atoms with van der Waals surface area (Å²) < 4.78 is 35.0. The molecule has 27 heavy (non-hydrogen) atoms. The summed E-state index contributed by atoms with van der Waals surface area (Å²) in [4.78, 5) is 28.0. The van der Waals surface area contributed by atoms with Crippen molar-refractivity contribution in [2.24, 2.45) is 10.1 Å². The van der Waals surface area contributed by atoms with Gasteiger partial charge in [0.15, 0.2) is 10.6 Å². The van der Waals surface area contributed by atoms with Crippen molar-refractivity contribution in [3.8, 4) is 0 Å². The van der Waals surface area contributed by atoms with Gasteiger partial charge in [-0.15, -0.1) is 0 Å². The van der Waals surface area contributed by atoms with Gasteiger partial charge in [-0.3, -0.25) is 9.59 Å². The van der Waals surface area contributed by atoms with Crippen molar-refractivity contribution >= 4 is 43.5 Å². The quantitative estimate of drug-likeness (QED) is 0.630. The van der Waals surface area contributed by atoms with E-state index in [9.17, 15) is 18.0 Å². The molecule has 0 radical (unpaired) electrons. The highest BCUT2D eigenvalue weighted by atomic mass is 32.2. The van der Waals surface area contributed by atoms with Gasteiger partial charge < -0.3 is 13.7 Å². The van der Waals surface area contributed by atoms with Crippen LogP contribution in [-0.4, -0.2) is 32.0 Å². The highest BCUT2D eigenvalue weighted by Gasteiger charge is 2.15. The number of rotatable bonds is 5. The fourth-order valence-electron chi connectivity index (χ4n) is 2.38. The molecule has 0 atom stereocenters. The van der Waals surface area contributed by atoms with Gasteiger partial charge in [0.1, 0.15) is 0 Å². The maximum Gasteiger partial charge on any atom is 0.315 e. The van der Waals surface area contributed by atoms with E-state index < -0.39 is 21.9 Å². The fraction of sp³-hybridized carbons (Fsp3) is 0.188. The first-order valence-corrected chi connectivity index (χ1v) is 10.0. The number of nitrogens with two attached hydrogens (primary N) is 1. The zero-order valence-electron chi connectivity index (χ0n) is 14.1. The van der Waals surface area contributed by atoms with Gasteiger partial charge in [0.05, 0.1) is 34.9 Å². The number of methoxy groups -OCH3 is 1. The first-order valence-electron chi connectivity index (χ1n) is 7.65. The Morgan fingerprint density at radius 2 is 2.11 bits per heavy atom. The number of primary sulfonamides is 1. The second-order valence-corrected chi connectivity index (χ2v) is 8.00. The summed E-state index contributed by atoms with van der Waals surface area (Å²) in [6.45, 7) is 0.200. The van der Waals surface area contributed by atoms with E-state index in [4.69, 9.17) is 9.56 Å². The molecule has 2 heterocycles. The van der Waals surface area contributed by atoms with Crippen LogP contribution in [0.5, 0.6) is 0 Å². The summed E-state index contributed by atoms with van der Waals surface area (Å²) in [5.41, 5.74) is 0.613. The average Bonchev–Trinajstić information content (AvgIpc) is 3.26. The van der Waals surface area contributed by atoms with Crippen LogP contribution in [0.2, 0.25) is 0 Å². The van der Waals surface area contributed by atoms with Crippen LogP contribution in [-0.2, 0) is 26.1 Å². The molecular weight excluding hydrogens is 394 g/mol. The number of fused-ring (bicyclic) bond motifs is 1. The number of furan rings is 1. The number of nitrogens with zero attached hydrogens (tertiary/aromatic N) is 2. The second-order valence-electron chi connectivity index (χ2n) is 5.43. The smallest absolute Gasteiger partial charge is 0.315 e. The Morgan fingerprint density at radius 3 is 2.74 bits per heavy atom. The molecule has 3 aromatic rings. The van der Waals surface area contributed by atoms with Crippen LogP contribution in [0, 0.1) is 0 Å². The number of carbonyl (C=O) groups is 2. The van der Waals surface area contributed by atoms with Crippen molar-refractivity contribution < 1.29 is 27.2 Å². The minimum Gasteiger partial charge on any atom is -0.469 e. The number of aromatic nitrogens is 1. The lowest BCUT2D eigenvalue weighted by atomic mass is 10.3. The summed E-state index contributed by atoms with van der Waals surface area (Å²) in [5.74, 6) is -0.950. The van der Waals surface area contributed by atoms with E-state index in [1.54, 1.807) is 16.7 Å². The van der Waals surface area contributed by atoms with Crippen molar-refractivity contribution in [3.63, 3.8) is 0 Å². The van der Waals surface area contributed by atoms with Crippen LogP contribution in [0.25, 0.3) is 10.2 Å². The topological polar surface area (TPSA) is 134 Å². The van der Waals surface area contributed by atoms with Gasteiger partial charge in [0.25, 0.3) is 0 Å². The van der Waals surface area contributed by atoms with Gasteiger partial charge in [-0.25, -0.2) is 13.6 Å². The van der Waals surface area contributed by atoms with Crippen LogP contribution in [0.3, 0.4) is 0 Å². The number of ether oxygens (including phenoxy) is 1. The van der Waals surface area contributed by atoms with Gasteiger partial charge >= 0.3 is 11.9 Å². The molecule has 1 amide bonds. The number of hydrogen-bond donors (Lipinski definition) is 1. The molecule has 2 aromatic heterocycles. The molecule has 0 aliphatic heterocycles. The van der Waals surface area contributed by atoms with Crippen LogP contribution < -0.4 is 9.94 Å². The Balaban J connectivity index is 2.14. The molecular formula is C16H15N3O6S2. The maximum absolute atomic E-state index is 12.3. The molecule has 1 aromatic carbocycles. The Bertz CT molecular complexity index is 1170. The molecule has 0 unspecified atom stereocenters. The predicted octanol–water partition coefficient (Wildman–Crippen LogP) is 1.25. The Labute approximate surface area is 157 Å². The monoisotopic (exact) mass is 409 g/mol. The number of sulfonamides is 1. The van der Waals surface area contributed by atoms with Crippen molar-refractivity contribution in [3.05, 3.63) is 47.2 Å². The molecule has 142 valence electrons. The number of thiazole rings is 1. The van der Waals surface area contributed by atoms with Gasteiger partial charge in [-0.1, -0.05) is 11.3 Å². The third kappa shape index (κ3) is 4.15. The van der Waals surface area contributed by atoms with Crippen LogP contribution in [0.4, 0.5) is 0 Å². The van der Waals surface area contributed by atoms with E-state index in [0.29, 0.717) is 15.0 Å². The number of esters is 1. The van der Waals surface area contributed by atoms with Gasteiger partial charge in [0, 0.05) is 6.54 Å². The van der Waals surface area contributed by atoms with E-state index in [2.05, 4.69) is 9.73 Å². The Hall–Kier alpha value is -2.76. The van der Waals surface area contributed by atoms with Gasteiger partial charge in [0.2, 0.25) is 10.0 Å². The summed E-state index contributed by atoms with van der Waals surface area (Å²) in [6, 6.07) is 7.37. The summed E-state index contributed by atoms with van der Waals surface area (Å²) in [5, 5.41) is 5.17. The normalized spacial score (nSPS) is 12.4. The van der Waals surface area contributed by atoms with Crippen LogP contribution in [0.1, 0.15) is 17.0 Å². The first-order chi connectivity index (χ1) is 12.8. The van der Waals surface area contributed by atoms with Crippen molar-refractivity contribution in [1.82, 2.24) is 4.57 Å². The molecule has 0 aliphatic rings. The minimum absolute atomic E-state index is 0.0553. The Morgan fingerprint density at radius 1 is 1.33 bits per heavy atom. The van der Waals surface area contributed by atoms with Gasteiger partial charge in [-0.2, -0.15) is 4.99 Å². The van der Waals surface area contributed by atoms with Crippen molar-refractivity contribution in [2.45, 2.75) is 17.9 Å². The lowest BCUT2D eigenvalue weighted by molar-refractivity contribution is -0.140. The SMILES string of the molecule is COC(=O)CCn1c(=NC(=O)c2ccco2)sc2cc(S(N)(=O)=O)ccc21. The summed E-state index contributed by atoms with van der Waals surface area (Å²) in [7, 11) is -2.59. The second kappa shape index (κ2) is 7.47. The van der Waals surface area contributed by atoms with Crippen LogP contribution in [0.15, 0.2) is 50.9 Å². The fourth-order valence-corrected chi connectivity index (χ4v) is 4.09. The molecule has 9 nitrogen and oxygen atoms in total. The molecule has 11 heteroatoms. The van der Waals surface area contributed by atoms with E-state index in [0.717, 1.165) is 11.3 Å². The standard InChI is InChI=1S/C16H15N3O6S2/c1-24-14(20)6-7-19-11-5-4-10(27(17,22)23)9-13(11)26-16(19)18-15(21)12-3-2-8-25-12/h2-5,8-9H,6-7H2,1H3,(H2,17,22,23). The zero-order chi connectivity index (χ0) is 19.6. The highest BCUT2D eigenvalue weighted by molar-refractivity contribution is 7.89. The van der Waals surface area contributed by atoms with E-state index >= 15 is 0 Å². The molecule has 0 spiro atoms. The molecule has 2 N–H and O–H groups in total. The highest BCUT2D eigenvalue weighted by Crippen LogP contribution is 2.21. The van der Waals surface area contributed by atoms with Crippen LogP contribution >= 0.6 is 11.3 Å². The molecule has 0 fully saturated rings. The molecule has 0 saturated carbocycles. The first kappa shape index (κ1) is 19.0. The third-order valence-corrected chi connectivity index (χ3v) is 5.63. The predicted molar refractivity (Wildman–Crippen MR) is 96.4 cm³/mol. The number of carbonyl (C=O) groups excluding carboxylic acids is 2. The average molecular weight is 409 g/mol.